The summed E-state index contributed by atoms with van der Waals surface area (Å²) in [5, 5.41) is 1.90. The van der Waals surface area contributed by atoms with Crippen LogP contribution in [0.1, 0.15) is 0 Å². The lowest BCUT2D eigenvalue weighted by atomic mass is 10.1. The molecule has 0 aliphatic heterocycles. The molecule has 2 aromatic carbocycles. The molecule has 100 valence electrons. The summed E-state index contributed by atoms with van der Waals surface area (Å²) in [6, 6.07) is 14.3. The van der Waals surface area contributed by atoms with Gasteiger partial charge in [0.1, 0.15) is 11.5 Å². The lowest BCUT2D eigenvalue weighted by Gasteiger charge is -2.04. The molecule has 1 heterocycles. The second kappa shape index (κ2) is 5.02. The predicted octanol–water partition coefficient (Wildman–Crippen LogP) is 4.12. The molecule has 4 heteroatoms. The topological polar surface area (TPSA) is 39.4 Å². The van der Waals surface area contributed by atoms with Crippen LogP contribution in [0.15, 0.2) is 57.7 Å². The SMILES string of the molecule is COc1ccc2cc(-c3cccc(Cl)c3)oc(=O)c2c1. The van der Waals surface area contributed by atoms with Crippen LogP contribution in [0.4, 0.5) is 0 Å². The Morgan fingerprint density at radius 1 is 1.10 bits per heavy atom. The first-order valence-electron chi connectivity index (χ1n) is 6.05. The summed E-state index contributed by atoms with van der Waals surface area (Å²) in [6.07, 6.45) is 0. The third-order valence-electron chi connectivity index (χ3n) is 3.08. The minimum Gasteiger partial charge on any atom is -0.497 e. The number of hydrogen-bond donors (Lipinski definition) is 0. The fourth-order valence-electron chi connectivity index (χ4n) is 2.07. The molecule has 0 fully saturated rings. The standard InChI is InChI=1S/C16H11ClO3/c1-19-13-6-5-10-8-15(20-16(18)14(10)9-13)11-3-2-4-12(17)7-11/h2-9H,1H3. The van der Waals surface area contributed by atoms with E-state index in [1.165, 1.54) is 0 Å². The van der Waals surface area contributed by atoms with Crippen LogP contribution < -0.4 is 10.4 Å². The minimum atomic E-state index is -0.392. The maximum atomic E-state index is 12.1. The Morgan fingerprint density at radius 3 is 2.70 bits per heavy atom. The van der Waals surface area contributed by atoms with Crippen LogP contribution in [0.5, 0.6) is 5.75 Å². The summed E-state index contributed by atoms with van der Waals surface area (Å²) >= 11 is 5.96. The summed E-state index contributed by atoms with van der Waals surface area (Å²) in [6.45, 7) is 0. The van der Waals surface area contributed by atoms with Gasteiger partial charge in [0, 0.05) is 10.6 Å². The van der Waals surface area contributed by atoms with Crippen molar-refractivity contribution in [1.29, 1.82) is 0 Å². The monoisotopic (exact) mass is 286 g/mol. The average molecular weight is 287 g/mol. The summed E-state index contributed by atoms with van der Waals surface area (Å²) in [5.74, 6) is 1.12. The molecule has 0 N–H and O–H groups in total. The molecule has 3 aromatic rings. The highest BCUT2D eigenvalue weighted by molar-refractivity contribution is 6.30. The molecule has 0 saturated heterocycles. The van der Waals surface area contributed by atoms with E-state index in [1.54, 1.807) is 25.3 Å². The molecule has 0 aliphatic carbocycles. The lowest BCUT2D eigenvalue weighted by Crippen LogP contribution is -2.00. The first-order chi connectivity index (χ1) is 9.67. The van der Waals surface area contributed by atoms with Gasteiger partial charge in [0.25, 0.3) is 0 Å². The van der Waals surface area contributed by atoms with Gasteiger partial charge >= 0.3 is 5.63 Å². The lowest BCUT2D eigenvalue weighted by molar-refractivity contribution is 0.415. The van der Waals surface area contributed by atoms with Crippen LogP contribution in [0.2, 0.25) is 5.02 Å². The summed E-state index contributed by atoms with van der Waals surface area (Å²) in [7, 11) is 1.56. The average Bonchev–Trinajstić information content (AvgIpc) is 2.47. The van der Waals surface area contributed by atoms with Crippen molar-refractivity contribution in [2.24, 2.45) is 0 Å². The smallest absolute Gasteiger partial charge is 0.344 e. The van der Waals surface area contributed by atoms with Crippen molar-refractivity contribution in [2.45, 2.75) is 0 Å². The van der Waals surface area contributed by atoms with E-state index < -0.39 is 5.63 Å². The van der Waals surface area contributed by atoms with Gasteiger partial charge in [0.05, 0.1) is 12.5 Å². The second-order valence-corrected chi connectivity index (χ2v) is 4.80. The van der Waals surface area contributed by atoms with Gasteiger partial charge in [-0.15, -0.1) is 0 Å². The molecule has 0 unspecified atom stereocenters. The predicted molar refractivity (Wildman–Crippen MR) is 79.5 cm³/mol. The van der Waals surface area contributed by atoms with Crippen LogP contribution in [0.25, 0.3) is 22.1 Å². The largest absolute Gasteiger partial charge is 0.497 e. The normalized spacial score (nSPS) is 10.7. The number of hydrogen-bond acceptors (Lipinski definition) is 3. The zero-order valence-corrected chi connectivity index (χ0v) is 11.5. The molecule has 0 spiro atoms. The maximum Gasteiger partial charge on any atom is 0.344 e. The summed E-state index contributed by atoms with van der Waals surface area (Å²) < 4.78 is 10.5. The van der Waals surface area contributed by atoms with E-state index in [0.29, 0.717) is 21.9 Å². The van der Waals surface area contributed by atoms with Crippen molar-refractivity contribution < 1.29 is 9.15 Å². The zero-order chi connectivity index (χ0) is 14.1. The Bertz CT molecular complexity index is 836. The van der Waals surface area contributed by atoms with Crippen molar-refractivity contribution in [3.8, 4) is 17.1 Å². The van der Waals surface area contributed by atoms with Gasteiger partial charge in [-0.05, 0) is 35.7 Å². The number of methoxy groups -OCH3 is 1. The molecule has 3 nitrogen and oxygen atoms in total. The molecule has 0 aliphatic rings. The minimum absolute atomic E-state index is 0.392. The molecule has 3 rings (SSSR count). The van der Waals surface area contributed by atoms with E-state index in [4.69, 9.17) is 20.8 Å². The van der Waals surface area contributed by atoms with E-state index in [1.807, 2.05) is 30.3 Å². The molecule has 20 heavy (non-hydrogen) atoms. The van der Waals surface area contributed by atoms with Crippen molar-refractivity contribution in [1.82, 2.24) is 0 Å². The summed E-state index contributed by atoms with van der Waals surface area (Å²) in [5.41, 5.74) is 0.378. The van der Waals surface area contributed by atoms with Crippen molar-refractivity contribution in [3.05, 3.63) is 64.0 Å². The number of fused-ring (bicyclic) bond motifs is 1. The third kappa shape index (κ3) is 2.28. The Balaban J connectivity index is 2.22. The van der Waals surface area contributed by atoms with Crippen molar-refractivity contribution >= 4 is 22.4 Å². The van der Waals surface area contributed by atoms with Gasteiger partial charge in [-0.3, -0.25) is 0 Å². The van der Waals surface area contributed by atoms with E-state index in [-0.39, 0.29) is 0 Å². The Kier molecular flexibility index (Phi) is 3.20. The van der Waals surface area contributed by atoms with Crippen LogP contribution in [0.3, 0.4) is 0 Å². The molecular weight excluding hydrogens is 276 g/mol. The van der Waals surface area contributed by atoms with Gasteiger partial charge in [0.15, 0.2) is 0 Å². The molecule has 0 atom stereocenters. The van der Waals surface area contributed by atoms with E-state index >= 15 is 0 Å². The first-order valence-corrected chi connectivity index (χ1v) is 6.43. The maximum absolute atomic E-state index is 12.1. The quantitative estimate of drug-likeness (QED) is 0.711. The highest BCUT2D eigenvalue weighted by atomic mass is 35.5. The van der Waals surface area contributed by atoms with E-state index in [0.717, 1.165) is 10.9 Å². The first kappa shape index (κ1) is 12.8. The highest BCUT2D eigenvalue weighted by Crippen LogP contribution is 2.26. The molecule has 0 saturated carbocycles. The van der Waals surface area contributed by atoms with Crippen LogP contribution in [-0.2, 0) is 0 Å². The molecule has 1 aromatic heterocycles. The van der Waals surface area contributed by atoms with Gasteiger partial charge < -0.3 is 9.15 Å². The zero-order valence-electron chi connectivity index (χ0n) is 10.7. The summed E-state index contributed by atoms with van der Waals surface area (Å²) in [4.78, 5) is 12.1. The highest BCUT2D eigenvalue weighted by Gasteiger charge is 2.08. The molecular formula is C16H11ClO3. The van der Waals surface area contributed by atoms with E-state index in [2.05, 4.69) is 0 Å². The van der Waals surface area contributed by atoms with Gasteiger partial charge in [-0.1, -0.05) is 29.8 Å². The van der Waals surface area contributed by atoms with Crippen LogP contribution in [-0.4, -0.2) is 7.11 Å². The van der Waals surface area contributed by atoms with Gasteiger partial charge in [-0.25, -0.2) is 4.79 Å². The molecule has 0 bridgehead atoms. The molecule has 0 radical (unpaired) electrons. The van der Waals surface area contributed by atoms with Crippen molar-refractivity contribution in [3.63, 3.8) is 0 Å². The Morgan fingerprint density at radius 2 is 1.95 bits per heavy atom. The third-order valence-corrected chi connectivity index (χ3v) is 3.31. The number of ether oxygens (including phenoxy) is 1. The second-order valence-electron chi connectivity index (χ2n) is 4.36. The Labute approximate surface area is 120 Å². The fourth-order valence-corrected chi connectivity index (χ4v) is 2.26. The Hall–Kier alpha value is -2.26. The number of benzene rings is 2. The van der Waals surface area contributed by atoms with Crippen LogP contribution in [0, 0.1) is 0 Å². The van der Waals surface area contributed by atoms with Crippen molar-refractivity contribution in [2.75, 3.05) is 7.11 Å². The van der Waals surface area contributed by atoms with E-state index in [9.17, 15) is 4.79 Å². The van der Waals surface area contributed by atoms with Gasteiger partial charge in [-0.2, -0.15) is 0 Å². The van der Waals surface area contributed by atoms with Crippen LogP contribution >= 0.6 is 11.6 Å². The molecule has 0 amide bonds. The van der Waals surface area contributed by atoms with Gasteiger partial charge in [0.2, 0.25) is 0 Å². The number of halogens is 1. The number of rotatable bonds is 2. The fraction of sp³-hybridized carbons (Fsp3) is 0.0625.